The standard InChI is InChI=1S/C20H17BrN2O3/c21-16-10-8-15(9-11-16)19-22-17(13-14-5-2-1-3-6-14)20(26)23(19)12-4-7-18(24)25/h1-3,5-6,8-11,13H,4,7,12H2,(H,24,25)/b17-13-. The predicted molar refractivity (Wildman–Crippen MR) is 104 cm³/mol. The zero-order valence-electron chi connectivity index (χ0n) is 13.9. The Morgan fingerprint density at radius 3 is 2.46 bits per heavy atom. The molecular weight excluding hydrogens is 396 g/mol. The molecule has 132 valence electrons. The zero-order valence-corrected chi connectivity index (χ0v) is 15.5. The maximum Gasteiger partial charge on any atom is 0.303 e. The summed E-state index contributed by atoms with van der Waals surface area (Å²) < 4.78 is 0.934. The molecule has 5 nitrogen and oxygen atoms in total. The van der Waals surface area contributed by atoms with Crippen molar-refractivity contribution in [2.75, 3.05) is 6.54 Å². The van der Waals surface area contributed by atoms with E-state index in [1.165, 1.54) is 0 Å². The maximum atomic E-state index is 12.8. The van der Waals surface area contributed by atoms with E-state index in [4.69, 9.17) is 5.11 Å². The number of aliphatic imine (C=N–C) groups is 1. The molecule has 0 spiro atoms. The van der Waals surface area contributed by atoms with Gasteiger partial charge in [0.25, 0.3) is 5.91 Å². The molecule has 0 fully saturated rings. The molecule has 2 aromatic carbocycles. The molecule has 0 saturated carbocycles. The molecule has 0 bridgehead atoms. The second-order valence-electron chi connectivity index (χ2n) is 5.84. The summed E-state index contributed by atoms with van der Waals surface area (Å²) in [5.41, 5.74) is 2.06. The molecule has 0 aromatic heterocycles. The number of amides is 1. The lowest BCUT2D eigenvalue weighted by Gasteiger charge is -2.18. The topological polar surface area (TPSA) is 70.0 Å². The van der Waals surface area contributed by atoms with Crippen LogP contribution in [0.25, 0.3) is 6.08 Å². The van der Waals surface area contributed by atoms with Crippen LogP contribution >= 0.6 is 15.9 Å². The second-order valence-corrected chi connectivity index (χ2v) is 6.75. The lowest BCUT2D eigenvalue weighted by molar-refractivity contribution is -0.137. The first-order valence-corrected chi connectivity index (χ1v) is 8.99. The highest BCUT2D eigenvalue weighted by Gasteiger charge is 2.30. The van der Waals surface area contributed by atoms with Crippen LogP contribution in [0.1, 0.15) is 24.0 Å². The lowest BCUT2D eigenvalue weighted by atomic mass is 10.2. The molecule has 0 atom stereocenters. The fourth-order valence-electron chi connectivity index (χ4n) is 2.67. The molecule has 1 N–H and O–H groups in total. The first kappa shape index (κ1) is 18.1. The second kappa shape index (κ2) is 8.10. The molecule has 3 rings (SSSR count). The van der Waals surface area contributed by atoms with Gasteiger partial charge in [0.2, 0.25) is 0 Å². The zero-order chi connectivity index (χ0) is 18.5. The Kier molecular flexibility index (Phi) is 5.63. The molecule has 0 unspecified atom stereocenters. The monoisotopic (exact) mass is 412 g/mol. The van der Waals surface area contributed by atoms with Crippen molar-refractivity contribution >= 4 is 39.7 Å². The first-order chi connectivity index (χ1) is 12.5. The van der Waals surface area contributed by atoms with Gasteiger partial charge in [-0.1, -0.05) is 58.4 Å². The molecule has 1 aliphatic heterocycles. The number of carboxylic acids is 1. The van der Waals surface area contributed by atoms with Gasteiger partial charge >= 0.3 is 5.97 Å². The summed E-state index contributed by atoms with van der Waals surface area (Å²) in [5, 5.41) is 8.86. The van der Waals surface area contributed by atoms with Gasteiger partial charge < -0.3 is 5.11 Å². The van der Waals surface area contributed by atoms with Crippen LogP contribution in [0.3, 0.4) is 0 Å². The lowest BCUT2D eigenvalue weighted by Crippen LogP contribution is -2.33. The van der Waals surface area contributed by atoms with Gasteiger partial charge in [0.15, 0.2) is 0 Å². The number of carbonyl (C=O) groups is 2. The fraction of sp³-hybridized carbons (Fsp3) is 0.150. The summed E-state index contributed by atoms with van der Waals surface area (Å²) in [5.74, 6) is -0.536. The summed E-state index contributed by atoms with van der Waals surface area (Å²) in [7, 11) is 0. The molecule has 1 aliphatic rings. The normalized spacial score (nSPS) is 15.4. The van der Waals surface area contributed by atoms with Gasteiger partial charge in [-0.2, -0.15) is 0 Å². The van der Waals surface area contributed by atoms with Crippen molar-refractivity contribution in [3.8, 4) is 0 Å². The van der Waals surface area contributed by atoms with Crippen LogP contribution in [0.15, 0.2) is 69.8 Å². The minimum atomic E-state index is -0.876. The Labute approximate surface area is 159 Å². The van der Waals surface area contributed by atoms with Gasteiger partial charge in [-0.25, -0.2) is 4.99 Å². The van der Waals surface area contributed by atoms with E-state index in [9.17, 15) is 9.59 Å². The van der Waals surface area contributed by atoms with Crippen molar-refractivity contribution in [3.05, 3.63) is 75.9 Å². The quantitative estimate of drug-likeness (QED) is 0.730. The van der Waals surface area contributed by atoms with Gasteiger partial charge in [0, 0.05) is 23.0 Å². The number of hydrogen-bond acceptors (Lipinski definition) is 3. The molecule has 0 saturated heterocycles. The van der Waals surface area contributed by atoms with Crippen LogP contribution in [0.4, 0.5) is 0 Å². The molecular formula is C20H17BrN2O3. The van der Waals surface area contributed by atoms with Gasteiger partial charge in [-0.3, -0.25) is 14.5 Å². The van der Waals surface area contributed by atoms with Gasteiger partial charge in [-0.05, 0) is 30.2 Å². The highest BCUT2D eigenvalue weighted by molar-refractivity contribution is 9.10. The van der Waals surface area contributed by atoms with Crippen molar-refractivity contribution in [1.82, 2.24) is 4.90 Å². The fourth-order valence-corrected chi connectivity index (χ4v) is 2.94. The summed E-state index contributed by atoms with van der Waals surface area (Å²) in [4.78, 5) is 29.7. The molecule has 0 aliphatic carbocycles. The number of rotatable bonds is 6. The third-order valence-corrected chi connectivity index (χ3v) is 4.45. The minimum absolute atomic E-state index is 0.00906. The van der Waals surface area contributed by atoms with E-state index in [1.54, 1.807) is 11.0 Å². The maximum absolute atomic E-state index is 12.8. The van der Waals surface area contributed by atoms with E-state index < -0.39 is 5.97 Å². The Morgan fingerprint density at radius 2 is 1.81 bits per heavy atom. The number of carbonyl (C=O) groups excluding carboxylic acids is 1. The summed E-state index contributed by atoms with van der Waals surface area (Å²) in [6, 6.07) is 17.0. The first-order valence-electron chi connectivity index (χ1n) is 8.19. The van der Waals surface area contributed by atoms with Crippen LogP contribution in [0.5, 0.6) is 0 Å². The Bertz CT molecular complexity index is 874. The molecule has 2 aromatic rings. The number of aliphatic carboxylic acids is 1. The van der Waals surface area contributed by atoms with E-state index in [0.29, 0.717) is 24.5 Å². The minimum Gasteiger partial charge on any atom is -0.481 e. The molecule has 1 heterocycles. The van der Waals surface area contributed by atoms with Crippen molar-refractivity contribution in [3.63, 3.8) is 0 Å². The smallest absolute Gasteiger partial charge is 0.303 e. The van der Waals surface area contributed by atoms with Gasteiger partial charge in [0.1, 0.15) is 11.5 Å². The van der Waals surface area contributed by atoms with E-state index in [1.807, 2.05) is 54.6 Å². The van der Waals surface area contributed by atoms with Crippen LogP contribution < -0.4 is 0 Å². The van der Waals surface area contributed by atoms with Crippen LogP contribution in [-0.4, -0.2) is 34.3 Å². The van der Waals surface area contributed by atoms with Gasteiger partial charge in [0.05, 0.1) is 0 Å². The van der Waals surface area contributed by atoms with E-state index in [0.717, 1.165) is 15.6 Å². The Hall–Kier alpha value is -2.73. The van der Waals surface area contributed by atoms with E-state index in [-0.39, 0.29) is 12.3 Å². The average molecular weight is 413 g/mol. The third kappa shape index (κ3) is 4.26. The Balaban J connectivity index is 1.92. The molecule has 1 amide bonds. The van der Waals surface area contributed by atoms with Crippen LogP contribution in [0, 0.1) is 0 Å². The van der Waals surface area contributed by atoms with E-state index in [2.05, 4.69) is 20.9 Å². The SMILES string of the molecule is O=C(O)CCCN1C(=O)/C(=C/c2ccccc2)N=C1c1ccc(Br)cc1. The summed E-state index contributed by atoms with van der Waals surface area (Å²) in [6.45, 7) is 0.312. The van der Waals surface area contributed by atoms with Crippen molar-refractivity contribution in [1.29, 1.82) is 0 Å². The number of hydrogen-bond donors (Lipinski definition) is 1. The van der Waals surface area contributed by atoms with Crippen molar-refractivity contribution in [2.45, 2.75) is 12.8 Å². The number of benzene rings is 2. The Morgan fingerprint density at radius 1 is 1.12 bits per heavy atom. The summed E-state index contributed by atoms with van der Waals surface area (Å²) in [6.07, 6.45) is 2.13. The van der Waals surface area contributed by atoms with Crippen LogP contribution in [0.2, 0.25) is 0 Å². The molecule has 0 radical (unpaired) electrons. The largest absolute Gasteiger partial charge is 0.481 e. The number of carboxylic acid groups (broad SMARTS) is 1. The predicted octanol–water partition coefficient (Wildman–Crippen LogP) is 3.94. The summed E-state index contributed by atoms with van der Waals surface area (Å²) >= 11 is 3.40. The molecule has 26 heavy (non-hydrogen) atoms. The number of nitrogens with zero attached hydrogens (tertiary/aromatic N) is 2. The van der Waals surface area contributed by atoms with Crippen molar-refractivity contribution < 1.29 is 14.7 Å². The third-order valence-electron chi connectivity index (χ3n) is 3.92. The highest BCUT2D eigenvalue weighted by Crippen LogP contribution is 2.23. The molecule has 6 heteroatoms. The highest BCUT2D eigenvalue weighted by atomic mass is 79.9. The average Bonchev–Trinajstić information content (AvgIpc) is 2.93. The van der Waals surface area contributed by atoms with Crippen molar-refractivity contribution in [2.24, 2.45) is 4.99 Å². The number of halogens is 1. The van der Waals surface area contributed by atoms with E-state index >= 15 is 0 Å². The van der Waals surface area contributed by atoms with Gasteiger partial charge in [-0.15, -0.1) is 0 Å². The van der Waals surface area contributed by atoms with Crippen LogP contribution in [-0.2, 0) is 9.59 Å². The number of amidine groups is 1.